The van der Waals surface area contributed by atoms with Gasteiger partial charge in [-0.15, -0.1) is 0 Å². The van der Waals surface area contributed by atoms with Crippen LogP contribution in [-0.2, 0) is 22.5 Å². The van der Waals surface area contributed by atoms with Crippen molar-refractivity contribution in [2.75, 3.05) is 6.61 Å². The van der Waals surface area contributed by atoms with Crippen molar-refractivity contribution < 1.29 is 14.6 Å². The van der Waals surface area contributed by atoms with Gasteiger partial charge in [0.2, 0.25) is 0 Å². The SMILES string of the molecule is CCOC(=O)CCCn1c(C)cc2c1CC(C)(C)CC2O. The smallest absolute Gasteiger partial charge is 0.305 e. The van der Waals surface area contributed by atoms with Gasteiger partial charge in [-0.2, -0.15) is 0 Å². The lowest BCUT2D eigenvalue weighted by atomic mass is 9.75. The van der Waals surface area contributed by atoms with Gasteiger partial charge in [-0.05, 0) is 44.6 Å². The van der Waals surface area contributed by atoms with E-state index in [0.29, 0.717) is 13.0 Å². The van der Waals surface area contributed by atoms with E-state index < -0.39 is 0 Å². The Morgan fingerprint density at radius 1 is 1.52 bits per heavy atom. The summed E-state index contributed by atoms with van der Waals surface area (Å²) in [6, 6.07) is 2.10. The summed E-state index contributed by atoms with van der Waals surface area (Å²) in [6.07, 6.45) is 2.65. The van der Waals surface area contributed by atoms with Gasteiger partial charge < -0.3 is 14.4 Å². The molecule has 0 spiro atoms. The first kappa shape index (κ1) is 16.1. The first-order chi connectivity index (χ1) is 9.84. The van der Waals surface area contributed by atoms with Crippen LogP contribution in [0, 0.1) is 12.3 Å². The molecule has 1 aromatic heterocycles. The molecule has 1 unspecified atom stereocenters. The van der Waals surface area contributed by atoms with Gasteiger partial charge in [-0.25, -0.2) is 0 Å². The minimum Gasteiger partial charge on any atom is -0.466 e. The predicted octanol–water partition coefficient (Wildman–Crippen LogP) is 3.15. The van der Waals surface area contributed by atoms with E-state index in [-0.39, 0.29) is 17.5 Å². The predicted molar refractivity (Wildman–Crippen MR) is 82.1 cm³/mol. The van der Waals surface area contributed by atoms with Crippen molar-refractivity contribution in [3.05, 3.63) is 23.0 Å². The lowest BCUT2D eigenvalue weighted by Crippen LogP contribution is -2.27. The Kier molecular flexibility index (Phi) is 4.77. The van der Waals surface area contributed by atoms with E-state index in [1.54, 1.807) is 0 Å². The van der Waals surface area contributed by atoms with E-state index in [2.05, 4.69) is 31.4 Å². The molecule has 0 saturated carbocycles. The summed E-state index contributed by atoms with van der Waals surface area (Å²) >= 11 is 0. The number of aliphatic hydroxyl groups is 1. The number of carbonyl (C=O) groups excluding carboxylic acids is 1. The highest BCUT2D eigenvalue weighted by molar-refractivity contribution is 5.69. The minimum atomic E-state index is -0.367. The standard InChI is InChI=1S/C17H27NO3/c1-5-21-16(20)7-6-8-18-12(2)9-13-14(18)10-17(3,4)11-15(13)19/h9,15,19H,5-8,10-11H2,1-4H3. The zero-order valence-electron chi connectivity index (χ0n) is 13.6. The molecule has 21 heavy (non-hydrogen) atoms. The first-order valence-electron chi connectivity index (χ1n) is 7.86. The van der Waals surface area contributed by atoms with E-state index in [0.717, 1.165) is 31.4 Å². The molecule has 0 fully saturated rings. The lowest BCUT2D eigenvalue weighted by molar-refractivity contribution is -0.143. The highest BCUT2D eigenvalue weighted by Crippen LogP contribution is 2.41. The van der Waals surface area contributed by atoms with Crippen molar-refractivity contribution >= 4 is 5.97 Å². The maximum Gasteiger partial charge on any atom is 0.305 e. The molecular formula is C17H27NO3. The molecule has 118 valence electrons. The summed E-state index contributed by atoms with van der Waals surface area (Å²) in [5.41, 5.74) is 3.60. The summed E-state index contributed by atoms with van der Waals surface area (Å²) < 4.78 is 7.23. The van der Waals surface area contributed by atoms with Crippen molar-refractivity contribution in [3.8, 4) is 0 Å². The zero-order valence-corrected chi connectivity index (χ0v) is 13.6. The second kappa shape index (κ2) is 6.22. The Bertz CT molecular complexity index is 516. The van der Waals surface area contributed by atoms with Gasteiger partial charge in [0.1, 0.15) is 0 Å². The third-order valence-corrected chi connectivity index (χ3v) is 4.27. The fourth-order valence-electron chi connectivity index (χ4n) is 3.33. The van der Waals surface area contributed by atoms with Crippen molar-refractivity contribution in [2.45, 2.75) is 66.0 Å². The molecule has 0 aromatic carbocycles. The Balaban J connectivity index is 2.09. The third kappa shape index (κ3) is 3.67. The highest BCUT2D eigenvalue weighted by Gasteiger charge is 2.33. The van der Waals surface area contributed by atoms with E-state index in [1.807, 2.05) is 6.92 Å². The second-order valence-electron chi connectivity index (χ2n) is 6.81. The van der Waals surface area contributed by atoms with E-state index in [4.69, 9.17) is 4.74 Å². The number of aromatic nitrogens is 1. The Labute approximate surface area is 127 Å². The van der Waals surface area contributed by atoms with Crippen LogP contribution in [0.15, 0.2) is 6.07 Å². The van der Waals surface area contributed by atoms with Crippen LogP contribution in [0.4, 0.5) is 0 Å². The van der Waals surface area contributed by atoms with Crippen molar-refractivity contribution in [3.63, 3.8) is 0 Å². The second-order valence-corrected chi connectivity index (χ2v) is 6.81. The number of aryl methyl sites for hydroxylation is 1. The number of esters is 1. The lowest BCUT2D eigenvalue weighted by Gasteiger charge is -2.34. The maximum atomic E-state index is 11.4. The summed E-state index contributed by atoms with van der Waals surface area (Å²) in [7, 11) is 0. The summed E-state index contributed by atoms with van der Waals surface area (Å²) in [5, 5.41) is 10.3. The summed E-state index contributed by atoms with van der Waals surface area (Å²) in [4.78, 5) is 11.4. The summed E-state index contributed by atoms with van der Waals surface area (Å²) in [6.45, 7) is 9.55. The van der Waals surface area contributed by atoms with Crippen LogP contribution in [0.2, 0.25) is 0 Å². The van der Waals surface area contributed by atoms with E-state index >= 15 is 0 Å². The quantitative estimate of drug-likeness (QED) is 0.849. The van der Waals surface area contributed by atoms with Crippen molar-refractivity contribution in [1.29, 1.82) is 0 Å². The first-order valence-corrected chi connectivity index (χ1v) is 7.86. The van der Waals surface area contributed by atoms with Crippen LogP contribution in [0.25, 0.3) is 0 Å². The van der Waals surface area contributed by atoms with Crippen molar-refractivity contribution in [2.24, 2.45) is 5.41 Å². The summed E-state index contributed by atoms with van der Waals surface area (Å²) in [5.74, 6) is -0.128. The molecule has 1 aromatic rings. The topological polar surface area (TPSA) is 51.5 Å². The fraction of sp³-hybridized carbons (Fsp3) is 0.706. The van der Waals surface area contributed by atoms with Crippen LogP contribution < -0.4 is 0 Å². The molecular weight excluding hydrogens is 266 g/mol. The largest absolute Gasteiger partial charge is 0.466 e. The van der Waals surface area contributed by atoms with Gasteiger partial charge in [0.05, 0.1) is 12.7 Å². The number of hydrogen-bond donors (Lipinski definition) is 1. The number of rotatable bonds is 5. The monoisotopic (exact) mass is 293 g/mol. The third-order valence-electron chi connectivity index (χ3n) is 4.27. The number of nitrogens with zero attached hydrogens (tertiary/aromatic N) is 1. The number of fused-ring (bicyclic) bond motifs is 1. The van der Waals surface area contributed by atoms with Crippen LogP contribution in [0.5, 0.6) is 0 Å². The Hall–Kier alpha value is -1.29. The molecule has 4 nitrogen and oxygen atoms in total. The zero-order chi connectivity index (χ0) is 15.6. The van der Waals surface area contributed by atoms with Gasteiger partial charge in [0.25, 0.3) is 0 Å². The van der Waals surface area contributed by atoms with Gasteiger partial charge in [0, 0.05) is 29.9 Å². The van der Waals surface area contributed by atoms with Crippen LogP contribution >= 0.6 is 0 Å². The van der Waals surface area contributed by atoms with E-state index in [9.17, 15) is 9.90 Å². The van der Waals surface area contributed by atoms with Crippen LogP contribution in [0.1, 0.15) is 63.1 Å². The number of carbonyl (C=O) groups is 1. The molecule has 0 radical (unpaired) electrons. The molecule has 0 bridgehead atoms. The normalized spacial score (nSPS) is 20.1. The number of ether oxygens (including phenoxy) is 1. The molecule has 0 saturated heterocycles. The molecule has 4 heteroatoms. The fourth-order valence-corrected chi connectivity index (χ4v) is 3.33. The maximum absolute atomic E-state index is 11.4. The Morgan fingerprint density at radius 2 is 2.24 bits per heavy atom. The van der Waals surface area contributed by atoms with Gasteiger partial charge in [0.15, 0.2) is 0 Å². The van der Waals surface area contributed by atoms with Gasteiger partial charge in [-0.1, -0.05) is 13.8 Å². The number of aliphatic hydroxyl groups excluding tert-OH is 1. The molecule has 1 N–H and O–H groups in total. The molecule has 1 heterocycles. The highest BCUT2D eigenvalue weighted by atomic mass is 16.5. The molecule has 2 rings (SSSR count). The van der Waals surface area contributed by atoms with E-state index in [1.165, 1.54) is 11.4 Å². The van der Waals surface area contributed by atoms with Crippen LogP contribution in [-0.4, -0.2) is 22.2 Å². The molecule has 0 aliphatic heterocycles. The minimum absolute atomic E-state index is 0.121. The van der Waals surface area contributed by atoms with Gasteiger partial charge >= 0.3 is 5.97 Å². The van der Waals surface area contributed by atoms with Crippen molar-refractivity contribution in [1.82, 2.24) is 4.57 Å². The molecule has 1 aliphatic carbocycles. The molecule has 0 amide bonds. The molecule has 1 aliphatic rings. The average Bonchev–Trinajstić information content (AvgIpc) is 2.66. The Morgan fingerprint density at radius 3 is 2.90 bits per heavy atom. The van der Waals surface area contributed by atoms with Crippen LogP contribution in [0.3, 0.4) is 0 Å². The average molecular weight is 293 g/mol. The molecule has 1 atom stereocenters. The van der Waals surface area contributed by atoms with Gasteiger partial charge in [-0.3, -0.25) is 4.79 Å². The number of hydrogen-bond acceptors (Lipinski definition) is 3.